The number of aromatic nitrogens is 1. The van der Waals surface area contributed by atoms with Crippen LogP contribution >= 0.6 is 0 Å². The van der Waals surface area contributed by atoms with Gasteiger partial charge in [0.1, 0.15) is 0 Å². The van der Waals surface area contributed by atoms with Crippen molar-refractivity contribution in [3.63, 3.8) is 0 Å². The highest BCUT2D eigenvalue weighted by Crippen LogP contribution is 2.49. The minimum atomic E-state index is -0.412. The average molecular weight is 392 g/mol. The first-order valence-electron chi connectivity index (χ1n) is 11.0. The first kappa shape index (κ1) is 19.8. The molecule has 0 unspecified atom stereocenters. The number of aryl methyl sites for hydroxylation is 1. The standard InChI is InChI=1S/C25H33N3O/c1-7-25(8-2)20-13-21-19(12-22(20)28(15(3)4)24(25)29)18-11-9-10-17(14-26-6)16(5)23(18)27-21/h12-15,26-27H,5,7-11H2,1-4,6H3/b17-14-. The van der Waals surface area contributed by atoms with Crippen LogP contribution in [0.4, 0.5) is 5.69 Å². The molecule has 1 aliphatic heterocycles. The van der Waals surface area contributed by atoms with Gasteiger partial charge in [0.2, 0.25) is 5.91 Å². The van der Waals surface area contributed by atoms with Crippen LogP contribution in [0.2, 0.25) is 0 Å². The van der Waals surface area contributed by atoms with E-state index in [0.29, 0.717) is 0 Å². The summed E-state index contributed by atoms with van der Waals surface area (Å²) in [6, 6.07) is 4.67. The number of fused-ring (bicyclic) bond motifs is 4. The zero-order valence-electron chi connectivity index (χ0n) is 18.4. The van der Waals surface area contributed by atoms with Crippen molar-refractivity contribution in [3.8, 4) is 0 Å². The van der Waals surface area contributed by atoms with E-state index in [1.807, 2.05) is 11.9 Å². The summed E-state index contributed by atoms with van der Waals surface area (Å²) in [6.45, 7) is 12.9. The molecular weight excluding hydrogens is 358 g/mol. The summed E-state index contributed by atoms with van der Waals surface area (Å²) < 4.78 is 0. The molecule has 4 rings (SSSR count). The number of carbonyl (C=O) groups is 1. The van der Waals surface area contributed by atoms with Crippen LogP contribution in [0.25, 0.3) is 16.5 Å². The molecule has 0 atom stereocenters. The van der Waals surface area contributed by atoms with Crippen molar-refractivity contribution in [2.75, 3.05) is 11.9 Å². The summed E-state index contributed by atoms with van der Waals surface area (Å²) in [7, 11) is 1.94. The van der Waals surface area contributed by atoms with E-state index in [0.717, 1.165) is 54.6 Å². The lowest BCUT2D eigenvalue weighted by molar-refractivity contribution is -0.123. The summed E-state index contributed by atoms with van der Waals surface area (Å²) in [6.07, 6.45) is 6.88. The number of nitrogens with one attached hydrogen (secondary N) is 2. The molecule has 0 radical (unpaired) electrons. The van der Waals surface area contributed by atoms with E-state index in [2.05, 4.69) is 62.9 Å². The molecule has 2 aromatic rings. The summed E-state index contributed by atoms with van der Waals surface area (Å²) >= 11 is 0. The van der Waals surface area contributed by atoms with Crippen molar-refractivity contribution in [1.82, 2.24) is 10.3 Å². The molecule has 154 valence electrons. The van der Waals surface area contributed by atoms with E-state index in [4.69, 9.17) is 0 Å². The van der Waals surface area contributed by atoms with E-state index in [1.165, 1.54) is 22.1 Å². The normalized spacial score (nSPS) is 19.8. The van der Waals surface area contributed by atoms with E-state index in [1.54, 1.807) is 0 Å². The van der Waals surface area contributed by atoms with Gasteiger partial charge in [0.15, 0.2) is 0 Å². The van der Waals surface area contributed by atoms with Crippen molar-refractivity contribution < 1.29 is 4.79 Å². The van der Waals surface area contributed by atoms with Gasteiger partial charge in [0.25, 0.3) is 0 Å². The van der Waals surface area contributed by atoms with Gasteiger partial charge in [0, 0.05) is 41.6 Å². The van der Waals surface area contributed by atoms with Gasteiger partial charge in [-0.15, -0.1) is 0 Å². The molecule has 4 heteroatoms. The number of allylic oxidation sites excluding steroid dienone is 2. The maximum atomic E-state index is 13.5. The number of hydrogen-bond acceptors (Lipinski definition) is 2. The molecule has 29 heavy (non-hydrogen) atoms. The van der Waals surface area contributed by atoms with Crippen molar-refractivity contribution in [2.45, 2.75) is 71.3 Å². The first-order valence-corrected chi connectivity index (χ1v) is 11.0. The van der Waals surface area contributed by atoms with Gasteiger partial charge in [0.05, 0.1) is 5.41 Å². The molecule has 0 fully saturated rings. The van der Waals surface area contributed by atoms with Crippen molar-refractivity contribution >= 4 is 28.1 Å². The summed E-state index contributed by atoms with van der Waals surface area (Å²) in [5, 5.41) is 4.41. The van der Waals surface area contributed by atoms with Crippen LogP contribution in [0.1, 0.15) is 70.2 Å². The predicted molar refractivity (Wildman–Crippen MR) is 122 cm³/mol. The Labute approximate surface area is 174 Å². The fraction of sp³-hybridized carbons (Fsp3) is 0.480. The van der Waals surface area contributed by atoms with Crippen molar-refractivity contribution in [2.24, 2.45) is 0 Å². The van der Waals surface area contributed by atoms with Crippen LogP contribution in [-0.2, 0) is 16.6 Å². The lowest BCUT2D eigenvalue weighted by atomic mass is 9.76. The number of H-pyrrole nitrogens is 1. The Morgan fingerprint density at radius 2 is 2.00 bits per heavy atom. The van der Waals surface area contributed by atoms with Crippen molar-refractivity contribution in [3.05, 3.63) is 47.3 Å². The highest BCUT2D eigenvalue weighted by molar-refractivity contribution is 6.11. The predicted octanol–water partition coefficient (Wildman–Crippen LogP) is 5.43. The fourth-order valence-corrected chi connectivity index (χ4v) is 5.39. The van der Waals surface area contributed by atoms with E-state index < -0.39 is 5.41 Å². The van der Waals surface area contributed by atoms with Gasteiger partial charge < -0.3 is 15.2 Å². The smallest absolute Gasteiger partial charge is 0.237 e. The lowest BCUT2D eigenvalue weighted by Crippen LogP contribution is -2.42. The third-order valence-corrected chi connectivity index (χ3v) is 7.03. The number of nitrogens with zero attached hydrogens (tertiary/aromatic N) is 1. The molecule has 2 heterocycles. The monoisotopic (exact) mass is 391 g/mol. The third-order valence-electron chi connectivity index (χ3n) is 7.03. The van der Waals surface area contributed by atoms with Gasteiger partial charge >= 0.3 is 0 Å². The molecule has 0 spiro atoms. The minimum Gasteiger partial charge on any atom is -0.394 e. The number of aromatic amines is 1. The van der Waals surface area contributed by atoms with Gasteiger partial charge in [-0.2, -0.15) is 0 Å². The molecule has 2 N–H and O–H groups in total. The molecule has 1 aliphatic carbocycles. The van der Waals surface area contributed by atoms with Crippen LogP contribution in [0.3, 0.4) is 0 Å². The SMILES string of the molecule is C=C1/C(=C\NC)CCCc2c1[nH]c1cc3c(cc21)N(C(C)C)C(=O)C3(CC)CC. The largest absolute Gasteiger partial charge is 0.394 e. The molecule has 1 amide bonds. The Hall–Kier alpha value is -2.49. The molecular formula is C25H33N3O. The molecule has 0 bridgehead atoms. The van der Waals surface area contributed by atoms with Crippen LogP contribution in [-0.4, -0.2) is 24.0 Å². The van der Waals surface area contributed by atoms with Gasteiger partial charge in [-0.05, 0) is 80.4 Å². The van der Waals surface area contributed by atoms with Gasteiger partial charge in [-0.3, -0.25) is 4.79 Å². The second-order valence-electron chi connectivity index (χ2n) is 8.74. The summed E-state index contributed by atoms with van der Waals surface area (Å²) in [4.78, 5) is 19.2. The Balaban J connectivity index is 1.97. The zero-order chi connectivity index (χ0) is 20.9. The fourth-order valence-electron chi connectivity index (χ4n) is 5.39. The van der Waals surface area contributed by atoms with E-state index in [9.17, 15) is 4.79 Å². The Bertz CT molecular complexity index is 1020. The van der Waals surface area contributed by atoms with E-state index >= 15 is 0 Å². The molecule has 1 aromatic heterocycles. The van der Waals surface area contributed by atoms with Crippen LogP contribution in [0.15, 0.2) is 30.5 Å². The van der Waals surface area contributed by atoms with E-state index in [-0.39, 0.29) is 11.9 Å². The molecule has 2 aliphatic rings. The third kappa shape index (κ3) is 2.68. The number of carbonyl (C=O) groups excluding carboxylic acids is 1. The van der Waals surface area contributed by atoms with Crippen molar-refractivity contribution in [1.29, 1.82) is 0 Å². The molecule has 0 saturated heterocycles. The van der Waals surface area contributed by atoms with Crippen LogP contribution < -0.4 is 10.2 Å². The van der Waals surface area contributed by atoms with Gasteiger partial charge in [-0.25, -0.2) is 0 Å². The zero-order valence-corrected chi connectivity index (χ0v) is 18.4. The quantitative estimate of drug-likeness (QED) is 0.683. The van der Waals surface area contributed by atoms with Gasteiger partial charge in [-0.1, -0.05) is 20.4 Å². The number of anilines is 1. The highest BCUT2D eigenvalue weighted by Gasteiger charge is 2.49. The number of rotatable bonds is 4. The summed E-state index contributed by atoms with van der Waals surface area (Å²) in [5.74, 6) is 0.259. The number of hydrogen-bond donors (Lipinski definition) is 2. The van der Waals surface area contributed by atoms with Crippen LogP contribution in [0, 0.1) is 0 Å². The Morgan fingerprint density at radius 3 is 2.62 bits per heavy atom. The highest BCUT2D eigenvalue weighted by atomic mass is 16.2. The maximum absolute atomic E-state index is 13.5. The second-order valence-corrected chi connectivity index (χ2v) is 8.74. The topological polar surface area (TPSA) is 48.1 Å². The number of amides is 1. The molecule has 1 aromatic carbocycles. The molecule has 4 nitrogen and oxygen atoms in total. The second kappa shape index (κ2) is 7.08. The maximum Gasteiger partial charge on any atom is 0.237 e. The Kier molecular flexibility index (Phi) is 4.84. The van der Waals surface area contributed by atoms with Crippen LogP contribution in [0.5, 0.6) is 0 Å². The average Bonchev–Trinajstić information content (AvgIpc) is 3.11. The summed E-state index contributed by atoms with van der Waals surface area (Å²) in [5.41, 5.74) is 7.84. The minimum absolute atomic E-state index is 0.149. The molecule has 0 saturated carbocycles. The lowest BCUT2D eigenvalue weighted by Gasteiger charge is -2.27. The Morgan fingerprint density at radius 1 is 1.28 bits per heavy atom. The first-order chi connectivity index (χ1) is 13.9. The number of benzene rings is 1.